The smallest absolute Gasteiger partial charge is 0.126 e. The van der Waals surface area contributed by atoms with Crippen LogP contribution >= 0.6 is 11.6 Å². The second-order valence-corrected chi connectivity index (χ2v) is 5.22. The maximum atomic E-state index is 9.70. The molecule has 1 aromatic rings. The molecule has 1 aromatic carbocycles. The Labute approximate surface area is 113 Å². The molecule has 3 nitrogen and oxygen atoms in total. The Morgan fingerprint density at radius 1 is 1.39 bits per heavy atom. The first-order valence-electron chi connectivity index (χ1n) is 6.36. The second kappa shape index (κ2) is 5.91. The summed E-state index contributed by atoms with van der Waals surface area (Å²) in [5.74, 6) is 0.838. The zero-order valence-corrected chi connectivity index (χ0v) is 11.7. The summed E-state index contributed by atoms with van der Waals surface area (Å²) >= 11 is 6.13. The third kappa shape index (κ3) is 2.63. The van der Waals surface area contributed by atoms with E-state index in [-0.39, 0.29) is 12.6 Å². The van der Waals surface area contributed by atoms with Crippen LogP contribution in [0.4, 0.5) is 0 Å². The van der Waals surface area contributed by atoms with Crippen molar-refractivity contribution in [1.29, 1.82) is 0 Å². The zero-order valence-electron chi connectivity index (χ0n) is 10.9. The number of nitrogens with zero attached hydrogens (tertiary/aromatic N) is 1. The van der Waals surface area contributed by atoms with Gasteiger partial charge in [0.15, 0.2) is 0 Å². The van der Waals surface area contributed by atoms with E-state index >= 15 is 0 Å². The van der Waals surface area contributed by atoms with E-state index in [1.165, 1.54) is 12.8 Å². The van der Waals surface area contributed by atoms with Crippen molar-refractivity contribution >= 4 is 11.6 Å². The molecule has 1 unspecified atom stereocenters. The Hall–Kier alpha value is -0.770. The van der Waals surface area contributed by atoms with Gasteiger partial charge in [0.1, 0.15) is 5.75 Å². The molecule has 1 saturated heterocycles. The minimum absolute atomic E-state index is 0.0140. The number of halogens is 1. The van der Waals surface area contributed by atoms with Crippen molar-refractivity contribution in [3.63, 3.8) is 0 Å². The molecule has 1 fully saturated rings. The molecule has 1 atom stereocenters. The quantitative estimate of drug-likeness (QED) is 0.912. The summed E-state index contributed by atoms with van der Waals surface area (Å²) in [4.78, 5) is 2.30. The summed E-state index contributed by atoms with van der Waals surface area (Å²) in [6.45, 7) is 4.13. The molecule has 1 N–H and O–H groups in total. The fourth-order valence-corrected chi connectivity index (χ4v) is 3.03. The molecule has 0 aromatic heterocycles. The van der Waals surface area contributed by atoms with Crippen molar-refractivity contribution in [1.82, 2.24) is 4.90 Å². The summed E-state index contributed by atoms with van der Waals surface area (Å²) in [7, 11) is 1.66. The highest BCUT2D eigenvalue weighted by molar-refractivity contribution is 6.30. The number of hydrogen-bond acceptors (Lipinski definition) is 3. The van der Waals surface area contributed by atoms with Gasteiger partial charge in [0, 0.05) is 10.6 Å². The van der Waals surface area contributed by atoms with Crippen LogP contribution < -0.4 is 4.74 Å². The van der Waals surface area contributed by atoms with Crippen LogP contribution in [0, 0.1) is 6.92 Å². The molecule has 0 aliphatic carbocycles. The maximum absolute atomic E-state index is 9.70. The van der Waals surface area contributed by atoms with Crippen molar-refractivity contribution < 1.29 is 9.84 Å². The molecule has 0 amide bonds. The lowest BCUT2D eigenvalue weighted by Crippen LogP contribution is -2.28. The average molecular weight is 270 g/mol. The molecule has 0 saturated carbocycles. The lowest BCUT2D eigenvalue weighted by atomic mass is 10.0. The first kappa shape index (κ1) is 13.7. The molecule has 18 heavy (non-hydrogen) atoms. The van der Waals surface area contributed by atoms with Crippen LogP contribution in [0.15, 0.2) is 12.1 Å². The molecule has 0 spiro atoms. The first-order valence-corrected chi connectivity index (χ1v) is 6.74. The Bertz CT molecular complexity index is 417. The predicted molar refractivity (Wildman–Crippen MR) is 73.4 cm³/mol. The lowest BCUT2D eigenvalue weighted by molar-refractivity contribution is 0.144. The van der Waals surface area contributed by atoms with Gasteiger partial charge in [-0.3, -0.25) is 4.90 Å². The van der Waals surface area contributed by atoms with Gasteiger partial charge < -0.3 is 9.84 Å². The predicted octanol–water partition coefficient (Wildman–Crippen LogP) is 2.79. The van der Waals surface area contributed by atoms with E-state index in [1.807, 2.05) is 19.1 Å². The van der Waals surface area contributed by atoms with Crippen molar-refractivity contribution in [3.05, 3.63) is 28.3 Å². The Balaban J connectivity index is 2.39. The molecule has 4 heteroatoms. The molecular weight excluding hydrogens is 250 g/mol. The summed E-state index contributed by atoms with van der Waals surface area (Å²) in [6.07, 6.45) is 2.39. The van der Waals surface area contributed by atoms with Crippen molar-refractivity contribution in [2.24, 2.45) is 0 Å². The number of benzene rings is 1. The summed E-state index contributed by atoms with van der Waals surface area (Å²) < 4.78 is 5.48. The van der Waals surface area contributed by atoms with E-state index < -0.39 is 0 Å². The van der Waals surface area contributed by atoms with Gasteiger partial charge in [-0.25, -0.2) is 0 Å². The van der Waals surface area contributed by atoms with Gasteiger partial charge in [-0.05, 0) is 50.6 Å². The van der Waals surface area contributed by atoms with E-state index in [0.717, 1.165) is 30.0 Å². The van der Waals surface area contributed by atoms with Crippen molar-refractivity contribution in [2.45, 2.75) is 25.8 Å². The molecule has 1 heterocycles. The lowest BCUT2D eigenvalue weighted by Gasteiger charge is -2.28. The molecule has 0 bridgehead atoms. The van der Waals surface area contributed by atoms with Crippen molar-refractivity contribution in [2.75, 3.05) is 26.8 Å². The number of rotatable bonds is 4. The largest absolute Gasteiger partial charge is 0.496 e. The molecule has 1 aliphatic rings. The number of hydrogen-bond donors (Lipinski definition) is 1. The fourth-order valence-electron chi connectivity index (χ4n) is 2.75. The molecule has 100 valence electrons. The van der Waals surface area contributed by atoms with Gasteiger partial charge in [-0.2, -0.15) is 0 Å². The van der Waals surface area contributed by atoms with Crippen LogP contribution in [-0.4, -0.2) is 36.8 Å². The highest BCUT2D eigenvalue weighted by Gasteiger charge is 2.26. The topological polar surface area (TPSA) is 32.7 Å². The third-order valence-electron chi connectivity index (χ3n) is 3.59. The number of methoxy groups -OCH3 is 1. The normalized spacial score (nSPS) is 18.0. The van der Waals surface area contributed by atoms with Crippen LogP contribution in [-0.2, 0) is 0 Å². The van der Waals surface area contributed by atoms with Crippen molar-refractivity contribution in [3.8, 4) is 5.75 Å². The summed E-state index contributed by atoms with van der Waals surface area (Å²) in [5.41, 5.74) is 2.00. The third-order valence-corrected chi connectivity index (χ3v) is 3.80. The SMILES string of the molecule is COc1c(C)cc(Cl)cc1C(CO)N1CCCC1. The average Bonchev–Trinajstić information content (AvgIpc) is 2.83. The number of aliphatic hydroxyl groups is 1. The summed E-state index contributed by atoms with van der Waals surface area (Å²) in [6, 6.07) is 3.79. The van der Waals surface area contributed by atoms with Crippen LogP contribution in [0.3, 0.4) is 0 Å². The zero-order chi connectivity index (χ0) is 13.1. The highest BCUT2D eigenvalue weighted by atomic mass is 35.5. The van der Waals surface area contributed by atoms with Gasteiger partial charge in [0.25, 0.3) is 0 Å². The number of aliphatic hydroxyl groups excluding tert-OH is 1. The molecule has 0 radical (unpaired) electrons. The van der Waals surface area contributed by atoms with E-state index in [9.17, 15) is 5.11 Å². The highest BCUT2D eigenvalue weighted by Crippen LogP contribution is 2.35. The van der Waals surface area contributed by atoms with Crippen LogP contribution in [0.5, 0.6) is 5.75 Å². The summed E-state index contributed by atoms with van der Waals surface area (Å²) in [5, 5.41) is 10.4. The van der Waals surface area contributed by atoms with E-state index in [2.05, 4.69) is 4.90 Å². The van der Waals surface area contributed by atoms with Gasteiger partial charge in [-0.1, -0.05) is 11.6 Å². The van der Waals surface area contributed by atoms with Crippen LogP contribution in [0.1, 0.15) is 30.0 Å². The number of aryl methyl sites for hydroxylation is 1. The Morgan fingerprint density at radius 3 is 2.61 bits per heavy atom. The number of ether oxygens (including phenoxy) is 1. The minimum atomic E-state index is -0.0140. The molecular formula is C14H20ClNO2. The van der Waals surface area contributed by atoms with Gasteiger partial charge in [0.05, 0.1) is 19.8 Å². The second-order valence-electron chi connectivity index (χ2n) is 4.79. The first-order chi connectivity index (χ1) is 8.67. The Morgan fingerprint density at radius 2 is 2.06 bits per heavy atom. The monoisotopic (exact) mass is 269 g/mol. The van der Waals surface area contributed by atoms with Gasteiger partial charge >= 0.3 is 0 Å². The van der Waals surface area contributed by atoms with Crippen LogP contribution in [0.25, 0.3) is 0 Å². The minimum Gasteiger partial charge on any atom is -0.496 e. The van der Waals surface area contributed by atoms with E-state index in [0.29, 0.717) is 5.02 Å². The van der Waals surface area contributed by atoms with E-state index in [1.54, 1.807) is 7.11 Å². The van der Waals surface area contributed by atoms with Gasteiger partial charge in [0.2, 0.25) is 0 Å². The Kier molecular flexibility index (Phi) is 4.49. The molecule has 1 aliphatic heterocycles. The fraction of sp³-hybridized carbons (Fsp3) is 0.571. The number of likely N-dealkylation sites (tertiary alicyclic amines) is 1. The molecule has 2 rings (SSSR count). The van der Waals surface area contributed by atoms with E-state index in [4.69, 9.17) is 16.3 Å². The van der Waals surface area contributed by atoms with Crippen LogP contribution in [0.2, 0.25) is 5.02 Å². The standard InChI is InChI=1S/C14H20ClNO2/c1-10-7-11(15)8-12(14(10)18-2)13(9-17)16-5-3-4-6-16/h7-8,13,17H,3-6,9H2,1-2H3. The maximum Gasteiger partial charge on any atom is 0.126 e. The van der Waals surface area contributed by atoms with Gasteiger partial charge in [-0.15, -0.1) is 0 Å².